The van der Waals surface area contributed by atoms with Gasteiger partial charge in [-0.15, -0.1) is 0 Å². The maximum Gasteiger partial charge on any atom is 0.251 e. The molecule has 4 bridgehead atoms. The van der Waals surface area contributed by atoms with Crippen molar-refractivity contribution in [2.24, 2.45) is 0 Å². The van der Waals surface area contributed by atoms with Gasteiger partial charge in [0.2, 0.25) is 10.0 Å². The molecule has 2 atom stereocenters. The first-order valence-electron chi connectivity index (χ1n) is 10.1. The molecule has 1 aliphatic heterocycles. The topological polar surface area (TPSA) is 125 Å². The summed E-state index contributed by atoms with van der Waals surface area (Å²) in [6, 6.07) is 10.6. The van der Waals surface area contributed by atoms with Crippen molar-refractivity contribution in [3.8, 4) is 5.75 Å². The van der Waals surface area contributed by atoms with E-state index in [2.05, 4.69) is 10.6 Å². The van der Waals surface area contributed by atoms with Crippen molar-refractivity contribution in [3.05, 3.63) is 59.2 Å². The number of anilines is 1. The summed E-state index contributed by atoms with van der Waals surface area (Å²) < 4.78 is 30.9. The van der Waals surface area contributed by atoms with Crippen molar-refractivity contribution in [1.29, 1.82) is 0 Å². The quantitative estimate of drug-likeness (QED) is 0.625. The Hall–Kier alpha value is -3.11. The van der Waals surface area contributed by atoms with Crippen LogP contribution in [0.5, 0.6) is 5.75 Å². The third kappa shape index (κ3) is 5.77. The van der Waals surface area contributed by atoms with Crippen molar-refractivity contribution < 1.29 is 27.9 Å². The fourth-order valence-corrected chi connectivity index (χ4v) is 3.78. The van der Waals surface area contributed by atoms with E-state index in [9.17, 15) is 23.1 Å². The minimum absolute atomic E-state index is 0.106. The Kier molecular flexibility index (Phi) is 7.05. The van der Waals surface area contributed by atoms with Crippen LogP contribution in [0.4, 0.5) is 5.69 Å². The maximum absolute atomic E-state index is 13.0. The number of hydrogen-bond donors (Lipinski definition) is 3. The molecular weight excluding hydrogens is 434 g/mol. The Labute approximate surface area is 187 Å². The van der Waals surface area contributed by atoms with Gasteiger partial charge in [0.1, 0.15) is 12.4 Å². The number of fused-ring (bicyclic) bond motifs is 4. The number of ether oxygens (including phenoxy) is 1. The number of amides is 2. The van der Waals surface area contributed by atoms with Gasteiger partial charge in [0.25, 0.3) is 11.8 Å². The Balaban J connectivity index is 2.05. The summed E-state index contributed by atoms with van der Waals surface area (Å²) in [5, 5.41) is 15.4. The Morgan fingerprint density at radius 2 is 1.75 bits per heavy atom. The summed E-state index contributed by atoms with van der Waals surface area (Å²) in [6.45, 7) is 1.69. The number of nitrogens with zero attached hydrogens (tertiary/aromatic N) is 1. The van der Waals surface area contributed by atoms with E-state index in [4.69, 9.17) is 4.74 Å². The van der Waals surface area contributed by atoms with Crippen LogP contribution in [-0.4, -0.2) is 63.9 Å². The van der Waals surface area contributed by atoms with Crippen molar-refractivity contribution in [1.82, 2.24) is 10.6 Å². The fraction of sp³-hybridized carbons (Fsp3) is 0.364. The van der Waals surface area contributed by atoms with Crippen LogP contribution in [-0.2, 0) is 16.4 Å². The molecule has 3 rings (SSSR count). The van der Waals surface area contributed by atoms with Crippen LogP contribution >= 0.6 is 0 Å². The minimum Gasteiger partial charge on any atom is -0.491 e. The standard InChI is InChI=1S/C22H27N3O6S/c1-14-13-31-20-6-4-5-15(8-20)7-18(12-26)24-22(28)17-9-16(21(27)23-14)10-19(11-17)25(2)32(3,29)30/h4-6,8-11,14,18,26H,7,12-13H2,1-3H3,(H,23,27)(H,24,28)/t14?,18-/m0/s1. The molecule has 10 heteroatoms. The molecule has 32 heavy (non-hydrogen) atoms. The molecule has 2 aromatic rings. The third-order valence-electron chi connectivity index (χ3n) is 5.12. The minimum atomic E-state index is -3.62. The number of aliphatic hydroxyl groups is 1. The van der Waals surface area contributed by atoms with Gasteiger partial charge < -0.3 is 20.5 Å². The number of carbonyl (C=O) groups is 2. The highest BCUT2D eigenvalue weighted by molar-refractivity contribution is 7.92. The van der Waals surface area contributed by atoms with Crippen molar-refractivity contribution in [3.63, 3.8) is 0 Å². The maximum atomic E-state index is 13.0. The monoisotopic (exact) mass is 461 g/mol. The highest BCUT2D eigenvalue weighted by Gasteiger charge is 2.21. The molecule has 172 valence electrons. The molecular formula is C22H27N3O6S. The molecule has 1 unspecified atom stereocenters. The highest BCUT2D eigenvalue weighted by Crippen LogP contribution is 2.22. The lowest BCUT2D eigenvalue weighted by molar-refractivity contribution is 0.0916. The van der Waals surface area contributed by atoms with Gasteiger partial charge >= 0.3 is 0 Å². The van der Waals surface area contributed by atoms with E-state index in [0.717, 1.165) is 16.1 Å². The molecule has 0 aromatic heterocycles. The van der Waals surface area contributed by atoms with Gasteiger partial charge in [-0.1, -0.05) is 12.1 Å². The zero-order valence-corrected chi connectivity index (χ0v) is 19.0. The second-order valence-electron chi connectivity index (χ2n) is 7.89. The number of sulfonamides is 1. The molecule has 0 aliphatic carbocycles. The van der Waals surface area contributed by atoms with Gasteiger partial charge in [-0.05, 0) is 49.2 Å². The Bertz CT molecular complexity index is 1120. The van der Waals surface area contributed by atoms with Crippen LogP contribution in [0.2, 0.25) is 0 Å². The first kappa shape index (κ1) is 23.6. The van der Waals surface area contributed by atoms with Crippen LogP contribution in [0.25, 0.3) is 0 Å². The summed E-state index contributed by atoms with van der Waals surface area (Å²) in [6.07, 6.45) is 1.39. The molecule has 0 saturated heterocycles. The van der Waals surface area contributed by atoms with E-state index in [-0.39, 0.29) is 36.1 Å². The highest BCUT2D eigenvalue weighted by atomic mass is 32.2. The van der Waals surface area contributed by atoms with E-state index in [1.54, 1.807) is 13.0 Å². The predicted molar refractivity (Wildman–Crippen MR) is 121 cm³/mol. The van der Waals surface area contributed by atoms with Gasteiger partial charge in [-0.2, -0.15) is 0 Å². The van der Waals surface area contributed by atoms with Gasteiger partial charge in [0.15, 0.2) is 0 Å². The molecule has 1 aliphatic rings. The van der Waals surface area contributed by atoms with Crippen molar-refractivity contribution >= 4 is 27.5 Å². The van der Waals surface area contributed by atoms with Gasteiger partial charge in [0, 0.05) is 18.2 Å². The van der Waals surface area contributed by atoms with Crippen molar-refractivity contribution in [2.75, 3.05) is 30.8 Å². The molecule has 2 aromatic carbocycles. The number of hydrogen-bond acceptors (Lipinski definition) is 6. The van der Waals surface area contributed by atoms with E-state index in [0.29, 0.717) is 12.2 Å². The zero-order valence-electron chi connectivity index (χ0n) is 18.2. The number of rotatable bonds is 3. The molecule has 0 spiro atoms. The van der Waals surface area contributed by atoms with Crippen LogP contribution in [0.15, 0.2) is 42.5 Å². The summed E-state index contributed by atoms with van der Waals surface area (Å²) in [7, 11) is -2.28. The second-order valence-corrected chi connectivity index (χ2v) is 9.90. The summed E-state index contributed by atoms with van der Waals surface area (Å²) in [5.41, 5.74) is 1.27. The smallest absolute Gasteiger partial charge is 0.251 e. The number of aliphatic hydroxyl groups excluding tert-OH is 1. The summed E-state index contributed by atoms with van der Waals surface area (Å²) in [4.78, 5) is 25.8. The first-order chi connectivity index (χ1) is 15.1. The molecule has 0 saturated carbocycles. The number of benzene rings is 2. The van der Waals surface area contributed by atoms with Crippen LogP contribution in [0, 0.1) is 0 Å². The van der Waals surface area contributed by atoms with Crippen LogP contribution in [0.1, 0.15) is 33.2 Å². The average molecular weight is 462 g/mol. The summed E-state index contributed by atoms with van der Waals surface area (Å²) >= 11 is 0. The lowest BCUT2D eigenvalue weighted by Crippen LogP contribution is -2.39. The molecule has 2 amide bonds. The molecule has 0 fully saturated rings. The van der Waals surface area contributed by atoms with Gasteiger partial charge in [-0.3, -0.25) is 13.9 Å². The Morgan fingerprint density at radius 3 is 2.38 bits per heavy atom. The average Bonchev–Trinajstić information content (AvgIpc) is 2.75. The third-order valence-corrected chi connectivity index (χ3v) is 6.32. The second kappa shape index (κ2) is 9.58. The van der Waals surface area contributed by atoms with E-state index in [1.807, 2.05) is 18.2 Å². The van der Waals surface area contributed by atoms with Crippen molar-refractivity contribution in [2.45, 2.75) is 25.4 Å². The lowest BCUT2D eigenvalue weighted by Gasteiger charge is -2.20. The van der Waals surface area contributed by atoms with Gasteiger partial charge in [0.05, 0.1) is 30.6 Å². The molecule has 3 N–H and O–H groups in total. The largest absolute Gasteiger partial charge is 0.491 e. The zero-order chi connectivity index (χ0) is 23.5. The number of carbonyl (C=O) groups excluding carboxylic acids is 2. The van der Waals surface area contributed by atoms with Gasteiger partial charge in [-0.25, -0.2) is 8.42 Å². The Morgan fingerprint density at radius 1 is 1.09 bits per heavy atom. The molecule has 0 radical (unpaired) electrons. The first-order valence-corrected chi connectivity index (χ1v) is 11.9. The predicted octanol–water partition coefficient (Wildman–Crippen LogP) is 0.927. The normalized spacial score (nSPS) is 19.6. The van der Waals surface area contributed by atoms with Crippen LogP contribution in [0.3, 0.4) is 0 Å². The number of nitrogens with one attached hydrogen (secondary N) is 2. The molecule has 1 heterocycles. The lowest BCUT2D eigenvalue weighted by atomic mass is 10.0. The van der Waals surface area contributed by atoms with Crippen LogP contribution < -0.4 is 19.7 Å². The van der Waals surface area contributed by atoms with E-state index >= 15 is 0 Å². The fourth-order valence-electron chi connectivity index (χ4n) is 3.29. The van der Waals surface area contributed by atoms with E-state index < -0.39 is 27.9 Å². The van der Waals surface area contributed by atoms with E-state index in [1.165, 1.54) is 25.2 Å². The summed E-state index contributed by atoms with van der Waals surface area (Å²) in [5.74, 6) is -0.391. The SMILES string of the molecule is CC1COc2cccc(c2)C[C@@H](CO)NC(=O)c2cc(cc(N(C)S(C)(=O)=O)c2)C(=O)N1. The molecule has 9 nitrogen and oxygen atoms in total.